The van der Waals surface area contributed by atoms with Crippen molar-refractivity contribution in [3.8, 4) is 10.6 Å². The second-order valence-electron chi connectivity index (χ2n) is 7.36. The van der Waals surface area contributed by atoms with Crippen LogP contribution in [0.4, 0.5) is 4.39 Å². The number of carbonyl (C=O) groups excluding carboxylic acids is 2. The largest absolute Gasteiger partial charge is 0.327 e. The van der Waals surface area contributed by atoms with Gasteiger partial charge in [-0.25, -0.2) is 4.39 Å². The van der Waals surface area contributed by atoms with Crippen molar-refractivity contribution < 1.29 is 14.0 Å². The van der Waals surface area contributed by atoms with Gasteiger partial charge in [0.1, 0.15) is 11.4 Å². The normalized spacial score (nSPS) is 30.2. The molecule has 0 spiro atoms. The predicted octanol–water partition coefficient (Wildman–Crippen LogP) is 1.42. The third kappa shape index (κ3) is 2.26. The molecule has 2 aromatic heterocycles. The van der Waals surface area contributed by atoms with Crippen molar-refractivity contribution in [2.24, 2.45) is 0 Å². The Hall–Kier alpha value is -2.42. The summed E-state index contributed by atoms with van der Waals surface area (Å²) in [5.41, 5.74) is 1.60. The van der Waals surface area contributed by atoms with E-state index in [2.05, 4.69) is 15.2 Å². The van der Waals surface area contributed by atoms with Crippen LogP contribution in [-0.4, -0.2) is 61.1 Å². The Morgan fingerprint density at radius 1 is 1.12 bits per heavy atom. The van der Waals surface area contributed by atoms with Gasteiger partial charge >= 0.3 is 11.8 Å². The van der Waals surface area contributed by atoms with Gasteiger partial charge in [-0.2, -0.15) is 5.10 Å². The molecule has 3 saturated carbocycles. The molecule has 2 aromatic rings. The van der Waals surface area contributed by atoms with Crippen LogP contribution in [0, 0.1) is 0 Å². The molecule has 0 N–H and O–H groups in total. The average molecular weight is 373 g/mol. The molecule has 6 rings (SSSR count). The molecule has 9 heteroatoms. The van der Waals surface area contributed by atoms with Crippen molar-refractivity contribution in [1.29, 1.82) is 0 Å². The number of rotatable bonds is 4. The Morgan fingerprint density at radius 2 is 1.92 bits per heavy atom. The number of nitrogens with zero attached hydrogens (tertiary/aromatic N) is 5. The third-order valence-electron chi connectivity index (χ3n) is 5.58. The zero-order chi connectivity index (χ0) is 17.9. The van der Waals surface area contributed by atoms with Crippen LogP contribution in [0.5, 0.6) is 0 Å². The van der Waals surface area contributed by atoms with Crippen LogP contribution in [0.2, 0.25) is 0 Å². The minimum atomic E-state index is -1.09. The second-order valence-corrected chi connectivity index (χ2v) is 8.25. The number of carbonyl (C=O) groups is 2. The van der Waals surface area contributed by atoms with E-state index < -0.39 is 23.0 Å². The number of amides is 2. The maximum absolute atomic E-state index is 13.7. The molecule has 3 aliphatic carbocycles. The van der Waals surface area contributed by atoms with E-state index in [0.717, 1.165) is 10.6 Å². The lowest BCUT2D eigenvalue weighted by molar-refractivity contribution is -0.230. The molecule has 1 saturated heterocycles. The van der Waals surface area contributed by atoms with Crippen LogP contribution >= 0.6 is 11.3 Å². The van der Waals surface area contributed by atoms with Gasteiger partial charge in [0.25, 0.3) is 0 Å². The highest BCUT2D eigenvalue weighted by Crippen LogP contribution is 2.66. The number of hydrogen-bond donors (Lipinski definition) is 0. The summed E-state index contributed by atoms with van der Waals surface area (Å²) in [6.07, 6.45) is 2.86. The van der Waals surface area contributed by atoms with E-state index in [1.165, 1.54) is 16.2 Å². The summed E-state index contributed by atoms with van der Waals surface area (Å²) in [4.78, 5) is 33.0. The van der Waals surface area contributed by atoms with Gasteiger partial charge in [0, 0.05) is 38.5 Å². The van der Waals surface area contributed by atoms with Crippen LogP contribution in [0.15, 0.2) is 23.8 Å². The molecule has 0 radical (unpaired) electrons. The number of thiazole rings is 1. The molecule has 2 bridgehead atoms. The SMILES string of the molecule is O=C1C(=O)N(C23CC(F)(C2)C3)CCN1Cc1ccc(-c2cncs2)nn1. The Labute approximate surface area is 152 Å². The van der Waals surface area contributed by atoms with E-state index in [1.54, 1.807) is 22.7 Å². The van der Waals surface area contributed by atoms with E-state index in [4.69, 9.17) is 0 Å². The van der Waals surface area contributed by atoms with E-state index >= 15 is 0 Å². The molecule has 7 nitrogen and oxygen atoms in total. The van der Waals surface area contributed by atoms with Gasteiger partial charge in [0.15, 0.2) is 0 Å². The van der Waals surface area contributed by atoms with Crippen molar-refractivity contribution in [3.63, 3.8) is 0 Å². The van der Waals surface area contributed by atoms with Crippen molar-refractivity contribution in [3.05, 3.63) is 29.5 Å². The molecule has 3 heterocycles. The average Bonchev–Trinajstić information content (AvgIpc) is 3.11. The van der Waals surface area contributed by atoms with Crippen molar-refractivity contribution in [2.75, 3.05) is 13.1 Å². The summed E-state index contributed by atoms with van der Waals surface area (Å²) in [6.45, 7) is 1.13. The molecule has 26 heavy (non-hydrogen) atoms. The van der Waals surface area contributed by atoms with Gasteiger partial charge in [-0.3, -0.25) is 14.6 Å². The van der Waals surface area contributed by atoms with Gasteiger partial charge < -0.3 is 9.80 Å². The molecule has 4 fully saturated rings. The van der Waals surface area contributed by atoms with Crippen LogP contribution in [-0.2, 0) is 16.1 Å². The maximum atomic E-state index is 13.7. The van der Waals surface area contributed by atoms with E-state index in [0.29, 0.717) is 38.0 Å². The van der Waals surface area contributed by atoms with E-state index in [9.17, 15) is 14.0 Å². The van der Waals surface area contributed by atoms with Gasteiger partial charge in [-0.1, -0.05) is 0 Å². The smallest absolute Gasteiger partial charge is 0.312 e. The first-order chi connectivity index (χ1) is 12.5. The fraction of sp³-hybridized carbons (Fsp3) is 0.471. The predicted molar refractivity (Wildman–Crippen MR) is 90.7 cm³/mol. The summed E-state index contributed by atoms with van der Waals surface area (Å²) in [7, 11) is 0. The lowest BCUT2D eigenvalue weighted by Gasteiger charge is -2.69. The zero-order valence-electron chi connectivity index (χ0n) is 13.9. The molecule has 0 atom stereocenters. The lowest BCUT2D eigenvalue weighted by Crippen LogP contribution is -2.79. The monoisotopic (exact) mass is 373 g/mol. The Balaban J connectivity index is 1.26. The molecule has 4 aliphatic rings. The number of hydrogen-bond acceptors (Lipinski definition) is 6. The minimum Gasteiger partial charge on any atom is -0.327 e. The van der Waals surface area contributed by atoms with Crippen molar-refractivity contribution in [1.82, 2.24) is 25.0 Å². The highest BCUT2D eigenvalue weighted by atomic mass is 32.1. The second kappa shape index (κ2) is 5.29. The van der Waals surface area contributed by atoms with Crippen LogP contribution in [0.1, 0.15) is 25.0 Å². The first-order valence-corrected chi connectivity index (χ1v) is 9.37. The third-order valence-corrected chi connectivity index (χ3v) is 6.37. The Morgan fingerprint density at radius 3 is 2.54 bits per heavy atom. The maximum Gasteiger partial charge on any atom is 0.312 e. The summed E-state index contributed by atoms with van der Waals surface area (Å²) in [6, 6.07) is 3.64. The van der Waals surface area contributed by atoms with Crippen LogP contribution in [0.25, 0.3) is 10.6 Å². The highest BCUT2D eigenvalue weighted by Gasteiger charge is 2.73. The molecule has 1 aliphatic heterocycles. The highest BCUT2D eigenvalue weighted by molar-refractivity contribution is 7.13. The standard InChI is InChI=1S/C17H16FN5O2S/c18-16-7-17(8-16,9-16)23-4-3-22(14(24)15(23)25)6-11-1-2-12(21-20-11)13-5-19-10-26-13/h1-2,5,10H,3-4,6-9H2. The first kappa shape index (κ1) is 15.8. The Kier molecular flexibility index (Phi) is 3.22. The number of piperazine rings is 1. The summed E-state index contributed by atoms with van der Waals surface area (Å²) in [5, 5.41) is 8.33. The van der Waals surface area contributed by atoms with E-state index in [1.807, 2.05) is 6.07 Å². The van der Waals surface area contributed by atoms with Crippen LogP contribution in [0.3, 0.4) is 0 Å². The van der Waals surface area contributed by atoms with Gasteiger partial charge in [-0.15, -0.1) is 16.4 Å². The van der Waals surface area contributed by atoms with Crippen LogP contribution < -0.4 is 0 Å². The number of halogens is 1. The Bertz CT molecular complexity index is 865. The fourth-order valence-corrected chi connectivity index (χ4v) is 4.88. The topological polar surface area (TPSA) is 79.3 Å². The van der Waals surface area contributed by atoms with E-state index in [-0.39, 0.29) is 6.54 Å². The van der Waals surface area contributed by atoms with Crippen molar-refractivity contribution >= 4 is 23.2 Å². The summed E-state index contributed by atoms with van der Waals surface area (Å²) in [5.74, 6) is -1.06. The molecule has 0 aromatic carbocycles. The molecule has 2 amide bonds. The van der Waals surface area contributed by atoms with Gasteiger partial charge in [-0.05, 0) is 12.1 Å². The fourth-order valence-electron chi connectivity index (χ4n) is 4.29. The molecule has 0 unspecified atom stereocenters. The molecular formula is C17H16FN5O2S. The number of aromatic nitrogens is 3. The number of alkyl halides is 1. The molecular weight excluding hydrogens is 357 g/mol. The van der Waals surface area contributed by atoms with Gasteiger partial charge in [0.2, 0.25) is 0 Å². The van der Waals surface area contributed by atoms with Gasteiger partial charge in [0.05, 0.1) is 28.2 Å². The quantitative estimate of drug-likeness (QED) is 0.758. The lowest BCUT2D eigenvalue weighted by atomic mass is 9.46. The zero-order valence-corrected chi connectivity index (χ0v) is 14.7. The molecule has 134 valence electrons. The summed E-state index contributed by atoms with van der Waals surface area (Å²) < 4.78 is 13.7. The summed E-state index contributed by atoms with van der Waals surface area (Å²) >= 11 is 1.48. The minimum absolute atomic E-state index is 0.244. The first-order valence-electron chi connectivity index (χ1n) is 8.49. The van der Waals surface area contributed by atoms with Crippen molar-refractivity contribution in [2.45, 2.75) is 37.0 Å².